The van der Waals surface area contributed by atoms with Crippen LogP contribution in [0.5, 0.6) is 0 Å². The number of rotatable bonds is 7. The van der Waals surface area contributed by atoms with Gasteiger partial charge in [-0.15, -0.1) is 0 Å². The summed E-state index contributed by atoms with van der Waals surface area (Å²) in [6, 6.07) is 0. The monoisotopic (exact) mass is 314 g/mol. The smallest absolute Gasteiger partial charge is 0.368 e. The van der Waals surface area contributed by atoms with Crippen molar-refractivity contribution >= 4 is 15.2 Å². The van der Waals surface area contributed by atoms with Crippen LogP contribution < -0.4 is 0 Å². The number of hydrogen-bond acceptors (Lipinski definition) is 4. The molecule has 0 atom stereocenters. The Morgan fingerprint density at radius 2 is 1.74 bits per heavy atom. The molecule has 0 radical (unpaired) electrons. The van der Waals surface area contributed by atoms with Crippen LogP contribution in [0.3, 0.4) is 0 Å². The number of nitrogens with one attached hydrogen (secondary N) is 1. The molecule has 0 unspecified atom stereocenters. The standard InChI is InChI=1S/C8H16N2O7P2/c11-8(18(12,13)14,19(15,16)17)4-2-1-3-7-9-5-6-10-7/h5-6,11H,1-4H2,(H,9,10)(H2,12,13,14)(H2,15,16,17). The lowest BCUT2D eigenvalue weighted by Crippen LogP contribution is -2.28. The van der Waals surface area contributed by atoms with E-state index in [1.165, 1.54) is 6.20 Å². The third-order valence-corrected chi connectivity index (χ3v) is 6.54. The van der Waals surface area contributed by atoms with E-state index in [-0.39, 0.29) is 6.42 Å². The van der Waals surface area contributed by atoms with Gasteiger partial charge >= 0.3 is 15.2 Å². The van der Waals surface area contributed by atoms with Crippen LogP contribution in [0.4, 0.5) is 0 Å². The van der Waals surface area contributed by atoms with E-state index in [1.54, 1.807) is 6.20 Å². The number of aliphatic hydroxyl groups is 1. The molecular weight excluding hydrogens is 298 g/mol. The summed E-state index contributed by atoms with van der Waals surface area (Å²) in [7, 11) is -10.7. The highest BCUT2D eigenvalue weighted by Gasteiger charge is 2.58. The van der Waals surface area contributed by atoms with Crippen molar-refractivity contribution in [2.75, 3.05) is 0 Å². The summed E-state index contributed by atoms with van der Waals surface area (Å²) in [5, 5.41) is 6.28. The van der Waals surface area contributed by atoms with Crippen molar-refractivity contribution in [1.82, 2.24) is 9.97 Å². The van der Waals surface area contributed by atoms with E-state index < -0.39 is 26.7 Å². The SMILES string of the molecule is O=P(O)(O)C(O)(CCCCc1ncc[nH]1)P(=O)(O)O. The highest BCUT2D eigenvalue weighted by molar-refractivity contribution is 7.72. The average Bonchev–Trinajstić information content (AvgIpc) is 2.73. The Balaban J connectivity index is 2.61. The number of unbranched alkanes of at least 4 members (excludes halogenated alkanes) is 1. The van der Waals surface area contributed by atoms with Gasteiger partial charge in [0, 0.05) is 18.8 Å². The topological polar surface area (TPSA) is 164 Å². The number of nitrogens with zero attached hydrogens (tertiary/aromatic N) is 1. The molecule has 11 heteroatoms. The molecule has 1 aromatic rings. The van der Waals surface area contributed by atoms with E-state index >= 15 is 0 Å². The summed E-state index contributed by atoms with van der Waals surface area (Å²) in [4.78, 5) is 42.4. The fourth-order valence-electron chi connectivity index (χ4n) is 1.55. The molecule has 0 aliphatic rings. The maximum absolute atomic E-state index is 11.1. The maximum atomic E-state index is 11.1. The summed E-state index contributed by atoms with van der Waals surface area (Å²) in [6.45, 7) is 0. The first-order valence-corrected chi connectivity index (χ1v) is 8.62. The van der Waals surface area contributed by atoms with Crippen molar-refractivity contribution < 1.29 is 33.8 Å². The van der Waals surface area contributed by atoms with Crippen molar-refractivity contribution in [1.29, 1.82) is 0 Å². The van der Waals surface area contributed by atoms with Gasteiger partial charge in [-0.2, -0.15) is 0 Å². The molecule has 0 fully saturated rings. The van der Waals surface area contributed by atoms with E-state index in [2.05, 4.69) is 9.97 Å². The van der Waals surface area contributed by atoms with Crippen molar-refractivity contribution in [3.8, 4) is 0 Å². The maximum Gasteiger partial charge on any atom is 0.369 e. The van der Waals surface area contributed by atoms with Gasteiger partial charge in [0.25, 0.3) is 5.08 Å². The molecule has 0 saturated carbocycles. The number of imidazole rings is 1. The second-order valence-electron chi connectivity index (χ2n) is 4.11. The minimum Gasteiger partial charge on any atom is -0.368 e. The molecular formula is C8H16N2O7P2. The quantitative estimate of drug-likeness (QED) is 0.305. The van der Waals surface area contributed by atoms with Gasteiger partial charge in [-0.05, 0) is 19.3 Å². The van der Waals surface area contributed by atoms with Gasteiger partial charge in [0.2, 0.25) is 0 Å². The van der Waals surface area contributed by atoms with Crippen molar-refractivity contribution in [3.05, 3.63) is 18.2 Å². The van der Waals surface area contributed by atoms with Crippen LogP contribution in [-0.2, 0) is 15.6 Å². The Bertz CT molecular complexity index is 469. The Morgan fingerprint density at radius 1 is 1.16 bits per heavy atom. The zero-order chi connectivity index (χ0) is 14.7. The summed E-state index contributed by atoms with van der Waals surface area (Å²) in [6.07, 6.45) is 3.31. The molecule has 19 heavy (non-hydrogen) atoms. The molecule has 0 amide bonds. The van der Waals surface area contributed by atoms with Gasteiger partial charge in [0.15, 0.2) is 0 Å². The molecule has 0 saturated heterocycles. The van der Waals surface area contributed by atoms with E-state index in [0.717, 1.165) is 0 Å². The molecule has 0 bridgehead atoms. The largest absolute Gasteiger partial charge is 0.369 e. The lowest BCUT2D eigenvalue weighted by molar-refractivity contribution is 0.120. The fourth-order valence-corrected chi connectivity index (χ4v) is 3.81. The Morgan fingerprint density at radius 3 is 2.16 bits per heavy atom. The lowest BCUT2D eigenvalue weighted by atomic mass is 10.2. The third kappa shape index (κ3) is 3.97. The van der Waals surface area contributed by atoms with Crippen LogP contribution in [-0.4, -0.2) is 39.7 Å². The summed E-state index contributed by atoms with van der Waals surface area (Å²) >= 11 is 0. The first-order valence-electron chi connectivity index (χ1n) is 5.40. The molecule has 0 aliphatic carbocycles. The first-order chi connectivity index (χ1) is 8.58. The molecule has 0 spiro atoms. The second kappa shape index (κ2) is 5.85. The van der Waals surface area contributed by atoms with Crippen molar-refractivity contribution in [2.24, 2.45) is 0 Å². The molecule has 1 aromatic heterocycles. The summed E-state index contributed by atoms with van der Waals surface area (Å²) in [5.41, 5.74) is 0. The predicted octanol–water partition coefficient (Wildman–Crippen LogP) is 0.124. The summed E-state index contributed by atoms with van der Waals surface area (Å²) < 4.78 is 22.1. The van der Waals surface area contributed by atoms with Gasteiger partial charge in [0.1, 0.15) is 5.82 Å². The van der Waals surface area contributed by atoms with Crippen molar-refractivity contribution in [3.63, 3.8) is 0 Å². The minimum atomic E-state index is -5.34. The normalized spacial score (nSPS) is 13.7. The minimum absolute atomic E-state index is 0.0351. The third-order valence-electron chi connectivity index (χ3n) is 2.66. The number of aryl methyl sites for hydroxylation is 1. The van der Waals surface area contributed by atoms with Crippen molar-refractivity contribution in [2.45, 2.75) is 30.8 Å². The molecule has 6 N–H and O–H groups in total. The molecule has 9 nitrogen and oxygen atoms in total. The number of hydrogen-bond donors (Lipinski definition) is 6. The molecule has 1 heterocycles. The summed E-state index contributed by atoms with van der Waals surface area (Å²) in [5.74, 6) is 0.649. The van der Waals surface area contributed by atoms with Gasteiger partial charge in [-0.25, -0.2) is 4.98 Å². The second-order valence-corrected chi connectivity index (χ2v) is 8.11. The first kappa shape index (κ1) is 16.5. The molecule has 0 aliphatic heterocycles. The highest BCUT2D eigenvalue weighted by atomic mass is 31.2. The number of aromatic amines is 1. The fraction of sp³-hybridized carbons (Fsp3) is 0.625. The van der Waals surface area contributed by atoms with Crippen LogP contribution in [0, 0.1) is 0 Å². The highest BCUT2D eigenvalue weighted by Crippen LogP contribution is 2.69. The van der Waals surface area contributed by atoms with Gasteiger partial charge in [0.05, 0.1) is 0 Å². The average molecular weight is 314 g/mol. The van der Waals surface area contributed by atoms with Gasteiger partial charge < -0.3 is 29.7 Å². The predicted molar refractivity (Wildman–Crippen MR) is 65.2 cm³/mol. The van der Waals surface area contributed by atoms with Crippen LogP contribution in [0.25, 0.3) is 0 Å². The number of aromatic nitrogens is 2. The lowest BCUT2D eigenvalue weighted by Gasteiger charge is -2.29. The van der Waals surface area contributed by atoms with Gasteiger partial charge in [-0.1, -0.05) is 0 Å². The van der Waals surface area contributed by atoms with E-state index in [0.29, 0.717) is 18.7 Å². The molecule has 1 rings (SSSR count). The number of H-pyrrole nitrogens is 1. The van der Waals surface area contributed by atoms with E-state index in [9.17, 15) is 14.2 Å². The van der Waals surface area contributed by atoms with Crippen LogP contribution >= 0.6 is 15.2 Å². The zero-order valence-electron chi connectivity index (χ0n) is 9.88. The van der Waals surface area contributed by atoms with E-state index in [4.69, 9.17) is 19.6 Å². The van der Waals surface area contributed by atoms with Crippen LogP contribution in [0.1, 0.15) is 25.1 Å². The molecule has 110 valence electrons. The zero-order valence-corrected chi connectivity index (χ0v) is 11.7. The molecule has 0 aromatic carbocycles. The van der Waals surface area contributed by atoms with Gasteiger partial charge in [-0.3, -0.25) is 9.13 Å². The van der Waals surface area contributed by atoms with Crippen LogP contribution in [0.15, 0.2) is 12.4 Å². The van der Waals surface area contributed by atoms with Crippen LogP contribution in [0.2, 0.25) is 0 Å². The Kier molecular flexibility index (Phi) is 5.08. The Hall–Kier alpha value is -0.530. The Labute approximate surface area is 109 Å². The van der Waals surface area contributed by atoms with E-state index in [1.807, 2.05) is 0 Å².